The molecule has 4 heterocycles. The molecule has 0 spiro atoms. The van der Waals surface area contributed by atoms with Crippen molar-refractivity contribution in [1.29, 1.82) is 0 Å². The van der Waals surface area contributed by atoms with Gasteiger partial charge >= 0.3 is 0 Å². The van der Waals surface area contributed by atoms with Gasteiger partial charge < -0.3 is 15.2 Å². The number of nitrogen functional groups attached to an aromatic ring is 1. The molecule has 0 atom stereocenters. The first-order valence-electron chi connectivity index (χ1n) is 17.5. The minimum Gasteiger partial charge on any atom is -0.490 e. The van der Waals surface area contributed by atoms with E-state index in [1.54, 1.807) is 6.92 Å². The predicted octanol–water partition coefficient (Wildman–Crippen LogP) is 6.67. The summed E-state index contributed by atoms with van der Waals surface area (Å²) in [5.41, 5.74) is 13.4. The normalized spacial score (nSPS) is 17.2. The van der Waals surface area contributed by atoms with Crippen LogP contribution in [0.3, 0.4) is 0 Å². The van der Waals surface area contributed by atoms with E-state index in [1.807, 2.05) is 24.3 Å². The van der Waals surface area contributed by atoms with Crippen LogP contribution >= 0.6 is 0 Å². The van der Waals surface area contributed by atoms with E-state index in [0.717, 1.165) is 71.6 Å². The molecule has 0 radical (unpaired) electrons. The number of rotatable bonds is 9. The fourth-order valence-corrected chi connectivity index (χ4v) is 8.87. The highest BCUT2D eigenvalue weighted by Gasteiger charge is 2.39. The lowest BCUT2D eigenvalue weighted by Crippen LogP contribution is -2.56. The van der Waals surface area contributed by atoms with Crippen molar-refractivity contribution in [3.63, 3.8) is 0 Å². The number of aromatic nitrogens is 3. The number of para-hydroxylation sites is 1. The number of nitrogens with zero attached hydrogens (tertiary/aromatic N) is 4. The van der Waals surface area contributed by atoms with E-state index in [0.29, 0.717) is 23.2 Å². The van der Waals surface area contributed by atoms with E-state index < -0.39 is 27.2 Å². The monoisotopic (exact) mass is 737 g/mol. The summed E-state index contributed by atoms with van der Waals surface area (Å²) in [7, 11) is -2.89. The second kappa shape index (κ2) is 13.5. The molecule has 8 rings (SSSR count). The Morgan fingerprint density at radius 3 is 2.36 bits per heavy atom. The van der Waals surface area contributed by atoms with Crippen LogP contribution in [0.4, 0.5) is 14.6 Å². The first kappa shape index (κ1) is 34.7. The standard InChI is InChI=1S/C40H37F2N5O5S/c1-23-6-3-4-7-30(23)31-17-25-15-27(16-26(25)18-36(31)51-29-10-12-46(13-11-29)28-21-53(49,50)22-28)38(48)32-19-45-47(40(32)43)35-20-44-37(14-24(35)2)52-39-33(41)8-5-9-34(39)42/h3-9,14,16-20,28-29H,10-13,15,21-22,43H2,1-2H3. The maximum Gasteiger partial charge on any atom is 0.219 e. The zero-order chi connectivity index (χ0) is 37.0. The molecule has 272 valence electrons. The van der Waals surface area contributed by atoms with E-state index in [1.165, 1.54) is 29.2 Å². The number of aryl methyl sites for hydroxylation is 2. The quantitative estimate of drug-likeness (QED) is 0.165. The molecule has 2 fully saturated rings. The molecule has 0 amide bonds. The number of hydrogen-bond donors (Lipinski definition) is 1. The third kappa shape index (κ3) is 6.70. The van der Waals surface area contributed by atoms with Gasteiger partial charge in [-0.3, -0.25) is 9.69 Å². The Kier molecular flexibility index (Phi) is 8.86. The first-order chi connectivity index (χ1) is 25.4. The average molecular weight is 738 g/mol. The Morgan fingerprint density at radius 1 is 0.925 bits per heavy atom. The fourth-order valence-electron chi connectivity index (χ4n) is 7.37. The number of ether oxygens (including phenoxy) is 2. The molecule has 2 aromatic heterocycles. The second-order valence-electron chi connectivity index (χ2n) is 13.9. The summed E-state index contributed by atoms with van der Waals surface area (Å²) in [5, 5.41) is 4.39. The number of nitrogens with two attached hydrogens (primary N) is 1. The zero-order valence-electron chi connectivity index (χ0n) is 29.2. The Bertz CT molecular complexity index is 2390. The molecule has 0 bridgehead atoms. The van der Waals surface area contributed by atoms with Gasteiger partial charge in [0, 0.05) is 42.8 Å². The topological polar surface area (TPSA) is 130 Å². The Hall–Kier alpha value is -5.40. The predicted molar refractivity (Wildman–Crippen MR) is 197 cm³/mol. The smallest absolute Gasteiger partial charge is 0.219 e. The lowest BCUT2D eigenvalue weighted by molar-refractivity contribution is 0.0827. The minimum atomic E-state index is -2.89. The molecule has 0 saturated carbocycles. The van der Waals surface area contributed by atoms with Crippen molar-refractivity contribution in [2.45, 2.75) is 45.3 Å². The van der Waals surface area contributed by atoms with Crippen molar-refractivity contribution in [2.24, 2.45) is 0 Å². The second-order valence-corrected chi connectivity index (χ2v) is 16.1. The van der Waals surface area contributed by atoms with Crippen molar-refractivity contribution in [2.75, 3.05) is 30.3 Å². The highest BCUT2D eigenvalue weighted by atomic mass is 32.2. The van der Waals surface area contributed by atoms with Crippen LogP contribution in [0.15, 0.2) is 78.6 Å². The SMILES string of the molecule is Cc1ccccc1-c1cc2c(cc1OC1CCN(C3CS(=O)(=O)C3)CC1)C=C(C(=O)c1cnn(-c3cnc(Oc4c(F)cccc4F)cc3C)c1N)C2. The number of carbonyl (C=O) groups is 1. The third-order valence-electron chi connectivity index (χ3n) is 10.3. The largest absolute Gasteiger partial charge is 0.490 e. The van der Waals surface area contributed by atoms with Crippen molar-refractivity contribution < 1.29 is 31.5 Å². The maximum absolute atomic E-state index is 14.1. The minimum absolute atomic E-state index is 0.0173. The van der Waals surface area contributed by atoms with E-state index in [9.17, 15) is 22.0 Å². The Balaban J connectivity index is 1.02. The number of allylic oxidation sites excluding steroid dienone is 1. The summed E-state index contributed by atoms with van der Waals surface area (Å²) < 4.78 is 65.3. The Morgan fingerprint density at radius 2 is 1.66 bits per heavy atom. The highest BCUT2D eigenvalue weighted by molar-refractivity contribution is 7.92. The third-order valence-corrected chi connectivity index (χ3v) is 12.1. The zero-order valence-corrected chi connectivity index (χ0v) is 30.0. The number of Topliss-reactive ketones (excluding diaryl/α,β-unsaturated/α-hetero) is 1. The number of fused-ring (bicyclic) bond motifs is 1. The number of hydrogen-bond acceptors (Lipinski definition) is 9. The molecule has 3 aromatic carbocycles. The first-order valence-corrected chi connectivity index (χ1v) is 19.3. The molecule has 53 heavy (non-hydrogen) atoms. The summed E-state index contributed by atoms with van der Waals surface area (Å²) in [6, 6.07) is 17.3. The van der Waals surface area contributed by atoms with Crippen LogP contribution in [-0.4, -0.2) is 70.6 Å². The summed E-state index contributed by atoms with van der Waals surface area (Å²) >= 11 is 0. The maximum atomic E-state index is 14.1. The molecule has 10 nitrogen and oxygen atoms in total. The van der Waals surface area contributed by atoms with Gasteiger partial charge in [0.05, 0.1) is 35.2 Å². The van der Waals surface area contributed by atoms with Gasteiger partial charge in [0.25, 0.3) is 0 Å². The van der Waals surface area contributed by atoms with Crippen molar-refractivity contribution >= 4 is 27.5 Å². The van der Waals surface area contributed by atoms with Crippen molar-refractivity contribution in [3.05, 3.63) is 118 Å². The van der Waals surface area contributed by atoms with Crippen LogP contribution in [0.5, 0.6) is 17.4 Å². The molecule has 2 N–H and O–H groups in total. The van der Waals surface area contributed by atoms with Gasteiger partial charge in [0.2, 0.25) is 11.6 Å². The van der Waals surface area contributed by atoms with Crippen LogP contribution in [0.1, 0.15) is 45.5 Å². The highest BCUT2D eigenvalue weighted by Crippen LogP contribution is 2.41. The molecular formula is C40H37F2N5O5S. The number of halogens is 2. The van der Waals surface area contributed by atoms with Crippen LogP contribution in [-0.2, 0) is 16.3 Å². The number of piperidine rings is 1. The van der Waals surface area contributed by atoms with Gasteiger partial charge in [0.15, 0.2) is 27.3 Å². The van der Waals surface area contributed by atoms with Gasteiger partial charge in [-0.05, 0) is 84.8 Å². The summed E-state index contributed by atoms with van der Waals surface area (Å²) in [5.74, 6) is -1.19. The summed E-state index contributed by atoms with van der Waals surface area (Å²) in [6.07, 6.45) is 6.68. The fraction of sp³-hybridized carbons (Fsp3) is 0.275. The van der Waals surface area contributed by atoms with E-state index >= 15 is 0 Å². The summed E-state index contributed by atoms with van der Waals surface area (Å²) in [6.45, 7) is 5.37. The number of pyridine rings is 1. The number of benzene rings is 3. The van der Waals surface area contributed by atoms with Gasteiger partial charge in [-0.1, -0.05) is 30.3 Å². The molecule has 0 unspecified atom stereocenters. The van der Waals surface area contributed by atoms with Gasteiger partial charge in [0.1, 0.15) is 17.7 Å². The molecule has 5 aromatic rings. The molecule has 3 aliphatic rings. The van der Waals surface area contributed by atoms with Gasteiger partial charge in [-0.25, -0.2) is 26.9 Å². The number of carbonyl (C=O) groups excluding carboxylic acids is 1. The number of anilines is 1. The Labute approximate surface area is 305 Å². The van der Waals surface area contributed by atoms with Crippen LogP contribution in [0.2, 0.25) is 0 Å². The lowest BCUT2D eigenvalue weighted by Gasteiger charge is -2.41. The van der Waals surface area contributed by atoms with Crippen LogP contribution in [0.25, 0.3) is 22.9 Å². The average Bonchev–Trinajstić information content (AvgIpc) is 3.72. The van der Waals surface area contributed by atoms with Gasteiger partial charge in [-0.15, -0.1) is 0 Å². The van der Waals surface area contributed by atoms with E-state index in [2.05, 4.69) is 40.1 Å². The van der Waals surface area contributed by atoms with Crippen LogP contribution < -0.4 is 15.2 Å². The summed E-state index contributed by atoms with van der Waals surface area (Å²) in [4.78, 5) is 20.4. The lowest BCUT2D eigenvalue weighted by atomic mass is 9.95. The number of likely N-dealkylation sites (tertiary alicyclic amines) is 1. The molecule has 2 aliphatic heterocycles. The number of sulfone groups is 1. The van der Waals surface area contributed by atoms with Crippen molar-refractivity contribution in [3.8, 4) is 34.2 Å². The van der Waals surface area contributed by atoms with Crippen molar-refractivity contribution in [1.82, 2.24) is 19.7 Å². The van der Waals surface area contributed by atoms with Gasteiger partial charge in [-0.2, -0.15) is 5.10 Å². The van der Waals surface area contributed by atoms with E-state index in [-0.39, 0.29) is 46.7 Å². The van der Waals surface area contributed by atoms with E-state index in [4.69, 9.17) is 15.2 Å². The molecule has 13 heteroatoms. The molecular weight excluding hydrogens is 701 g/mol. The molecule has 2 saturated heterocycles. The molecule has 1 aliphatic carbocycles. The van der Waals surface area contributed by atoms with Crippen LogP contribution in [0, 0.1) is 25.5 Å². The number of ketones is 1.